The molecule has 0 spiro atoms. The first-order chi connectivity index (χ1) is 8.18. The van der Waals surface area contributed by atoms with Crippen molar-refractivity contribution in [3.8, 4) is 0 Å². The highest BCUT2D eigenvalue weighted by Gasteiger charge is 2.17. The number of carbonyl (C=O) groups is 1. The van der Waals surface area contributed by atoms with Crippen LogP contribution in [0.15, 0.2) is 24.9 Å². The molecule has 2 rings (SSSR count). The summed E-state index contributed by atoms with van der Waals surface area (Å²) in [7, 11) is 0. The second-order valence-electron chi connectivity index (χ2n) is 3.60. The summed E-state index contributed by atoms with van der Waals surface area (Å²) in [6.45, 7) is 3.51. The van der Waals surface area contributed by atoms with E-state index >= 15 is 0 Å². The van der Waals surface area contributed by atoms with Gasteiger partial charge in [-0.3, -0.25) is 5.10 Å². The zero-order chi connectivity index (χ0) is 12.3. The van der Waals surface area contributed by atoms with Crippen molar-refractivity contribution in [3.05, 3.63) is 41.7 Å². The van der Waals surface area contributed by atoms with Crippen LogP contribution in [0.3, 0.4) is 0 Å². The minimum Gasteiger partial charge on any atom is -0.454 e. The molecule has 2 heterocycles. The quantitative estimate of drug-likeness (QED) is 0.809. The molecule has 1 atom stereocenters. The van der Waals surface area contributed by atoms with Crippen molar-refractivity contribution in [1.29, 1.82) is 0 Å². The van der Waals surface area contributed by atoms with E-state index in [4.69, 9.17) is 4.74 Å². The van der Waals surface area contributed by atoms with Crippen LogP contribution in [0.25, 0.3) is 0 Å². The van der Waals surface area contributed by atoms with Gasteiger partial charge in [0.2, 0.25) is 0 Å². The summed E-state index contributed by atoms with van der Waals surface area (Å²) in [5, 5.41) is 6.48. The van der Waals surface area contributed by atoms with Crippen LogP contribution in [-0.4, -0.2) is 26.1 Å². The first kappa shape index (κ1) is 11.3. The summed E-state index contributed by atoms with van der Waals surface area (Å²) < 4.78 is 5.28. The molecule has 0 fully saturated rings. The summed E-state index contributed by atoms with van der Waals surface area (Å²) in [6.07, 6.45) is 5.79. The van der Waals surface area contributed by atoms with Crippen molar-refractivity contribution >= 4 is 5.97 Å². The maximum Gasteiger partial charge on any atom is 0.342 e. The number of ether oxygens (including phenoxy) is 1. The topological polar surface area (TPSA) is 80.8 Å². The lowest BCUT2D eigenvalue weighted by molar-refractivity contribution is 0.0336. The van der Waals surface area contributed by atoms with E-state index in [-0.39, 0.29) is 0 Å². The van der Waals surface area contributed by atoms with Crippen LogP contribution in [0.1, 0.15) is 34.6 Å². The summed E-state index contributed by atoms with van der Waals surface area (Å²) in [4.78, 5) is 19.5. The summed E-state index contributed by atoms with van der Waals surface area (Å²) in [6, 6.07) is 0. The van der Waals surface area contributed by atoms with Gasteiger partial charge in [-0.2, -0.15) is 5.10 Å². The number of carbonyl (C=O) groups excluding carboxylic acids is 1. The average Bonchev–Trinajstić information content (AvgIpc) is 2.76. The van der Waals surface area contributed by atoms with Gasteiger partial charge in [0.1, 0.15) is 18.0 Å². The Morgan fingerprint density at radius 2 is 2.12 bits per heavy atom. The number of nitrogens with one attached hydrogen (secondary N) is 1. The van der Waals surface area contributed by atoms with Gasteiger partial charge >= 0.3 is 5.97 Å². The highest BCUT2D eigenvalue weighted by atomic mass is 16.5. The lowest BCUT2D eigenvalue weighted by atomic mass is 10.2. The number of aryl methyl sites for hydroxylation is 1. The fraction of sp³-hybridized carbons (Fsp3) is 0.273. The first-order valence-electron chi connectivity index (χ1n) is 5.14. The van der Waals surface area contributed by atoms with Gasteiger partial charge in [-0.15, -0.1) is 0 Å². The maximum absolute atomic E-state index is 11.8. The highest BCUT2D eigenvalue weighted by molar-refractivity contribution is 5.90. The molecule has 0 saturated carbocycles. The minimum absolute atomic E-state index is 0.391. The zero-order valence-corrected chi connectivity index (χ0v) is 9.54. The Labute approximate surface area is 98.1 Å². The van der Waals surface area contributed by atoms with E-state index < -0.39 is 12.1 Å². The van der Waals surface area contributed by atoms with Gasteiger partial charge in [0.05, 0.1) is 5.69 Å². The van der Waals surface area contributed by atoms with Gasteiger partial charge in [-0.05, 0) is 13.8 Å². The molecular weight excluding hydrogens is 220 g/mol. The number of H-pyrrole nitrogens is 1. The molecule has 0 bridgehead atoms. The molecule has 0 aliphatic rings. The third kappa shape index (κ3) is 2.47. The van der Waals surface area contributed by atoms with Crippen molar-refractivity contribution in [1.82, 2.24) is 20.2 Å². The SMILES string of the molecule is Cc1n[nH]cc1C(=O)OC(C)c1cncnc1. The number of rotatable bonds is 3. The molecule has 1 unspecified atom stereocenters. The summed E-state index contributed by atoms with van der Waals surface area (Å²) in [5.41, 5.74) is 1.81. The third-order valence-corrected chi connectivity index (χ3v) is 2.38. The van der Waals surface area contributed by atoms with Crippen LogP contribution >= 0.6 is 0 Å². The minimum atomic E-state index is -0.410. The molecule has 88 valence electrons. The number of hydrogen-bond donors (Lipinski definition) is 1. The molecule has 17 heavy (non-hydrogen) atoms. The molecule has 0 amide bonds. The normalized spacial score (nSPS) is 12.1. The molecule has 6 heteroatoms. The van der Waals surface area contributed by atoms with Crippen molar-refractivity contribution in [2.24, 2.45) is 0 Å². The Morgan fingerprint density at radius 1 is 1.41 bits per heavy atom. The van der Waals surface area contributed by atoms with Crippen molar-refractivity contribution < 1.29 is 9.53 Å². The molecule has 6 nitrogen and oxygen atoms in total. The third-order valence-electron chi connectivity index (χ3n) is 2.38. The Morgan fingerprint density at radius 3 is 2.71 bits per heavy atom. The zero-order valence-electron chi connectivity index (χ0n) is 9.54. The van der Waals surface area contributed by atoms with Crippen molar-refractivity contribution in [2.75, 3.05) is 0 Å². The number of aromatic nitrogens is 4. The van der Waals surface area contributed by atoms with Crippen LogP contribution in [0, 0.1) is 6.92 Å². The van der Waals surface area contributed by atoms with E-state index in [1.165, 1.54) is 12.5 Å². The largest absolute Gasteiger partial charge is 0.454 e. The molecule has 0 aliphatic carbocycles. The molecule has 0 radical (unpaired) electrons. The van der Waals surface area contributed by atoms with E-state index in [9.17, 15) is 4.79 Å². The Kier molecular flexibility index (Phi) is 3.13. The van der Waals surface area contributed by atoms with Crippen LogP contribution in [0.2, 0.25) is 0 Å². The van der Waals surface area contributed by atoms with Gasteiger partial charge < -0.3 is 4.74 Å². The number of esters is 1. The second kappa shape index (κ2) is 4.73. The van der Waals surface area contributed by atoms with E-state index in [0.717, 1.165) is 5.56 Å². The predicted octanol–water partition coefficient (Wildman–Crippen LogP) is 1.43. The van der Waals surface area contributed by atoms with E-state index in [0.29, 0.717) is 11.3 Å². The average molecular weight is 232 g/mol. The first-order valence-corrected chi connectivity index (χ1v) is 5.14. The smallest absolute Gasteiger partial charge is 0.342 e. The fourth-order valence-electron chi connectivity index (χ4n) is 1.38. The Balaban J connectivity index is 2.08. The van der Waals surface area contributed by atoms with Crippen LogP contribution in [-0.2, 0) is 4.74 Å². The maximum atomic E-state index is 11.8. The molecule has 0 aliphatic heterocycles. The monoisotopic (exact) mass is 232 g/mol. The van der Waals surface area contributed by atoms with E-state index in [2.05, 4.69) is 20.2 Å². The lowest BCUT2D eigenvalue weighted by Gasteiger charge is -2.12. The number of nitrogens with zero attached hydrogens (tertiary/aromatic N) is 3. The molecule has 0 saturated heterocycles. The molecule has 1 N–H and O–H groups in total. The number of aromatic amines is 1. The van der Waals surface area contributed by atoms with Gasteiger partial charge in [-0.25, -0.2) is 14.8 Å². The molecule has 2 aromatic rings. The lowest BCUT2D eigenvalue weighted by Crippen LogP contribution is -2.10. The Hall–Kier alpha value is -2.24. The van der Waals surface area contributed by atoms with E-state index in [1.54, 1.807) is 26.2 Å². The van der Waals surface area contributed by atoms with Crippen molar-refractivity contribution in [3.63, 3.8) is 0 Å². The van der Waals surface area contributed by atoms with Gasteiger partial charge in [0, 0.05) is 24.2 Å². The molecular formula is C11H12N4O2. The van der Waals surface area contributed by atoms with Crippen molar-refractivity contribution in [2.45, 2.75) is 20.0 Å². The van der Waals surface area contributed by atoms with Crippen LogP contribution in [0.5, 0.6) is 0 Å². The fourth-order valence-corrected chi connectivity index (χ4v) is 1.38. The number of hydrogen-bond acceptors (Lipinski definition) is 5. The predicted molar refractivity (Wildman–Crippen MR) is 59.2 cm³/mol. The van der Waals surface area contributed by atoms with Gasteiger partial charge in [-0.1, -0.05) is 0 Å². The van der Waals surface area contributed by atoms with E-state index in [1.807, 2.05) is 0 Å². The standard InChI is InChI=1S/C11H12N4O2/c1-7-10(5-14-15-7)11(16)17-8(2)9-3-12-6-13-4-9/h3-6,8H,1-2H3,(H,14,15). The summed E-state index contributed by atoms with van der Waals surface area (Å²) >= 11 is 0. The molecule has 0 aromatic carbocycles. The Bertz CT molecular complexity index is 509. The highest BCUT2D eigenvalue weighted by Crippen LogP contribution is 2.17. The molecule has 2 aromatic heterocycles. The van der Waals surface area contributed by atoms with Gasteiger partial charge in [0.15, 0.2) is 0 Å². The van der Waals surface area contributed by atoms with Crippen LogP contribution in [0.4, 0.5) is 0 Å². The second-order valence-corrected chi connectivity index (χ2v) is 3.60. The summed E-state index contributed by atoms with van der Waals surface area (Å²) in [5.74, 6) is -0.410. The van der Waals surface area contributed by atoms with Gasteiger partial charge in [0.25, 0.3) is 0 Å². The van der Waals surface area contributed by atoms with Crippen LogP contribution < -0.4 is 0 Å².